The molecule has 0 aromatic rings. The number of aliphatic hydroxyl groups is 3. The minimum atomic E-state index is -1.45. The van der Waals surface area contributed by atoms with Gasteiger partial charge in [0.1, 0.15) is 24.4 Å². The maximum absolute atomic E-state index is 10.9. The molecule has 8 nitrogen and oxygen atoms in total. The number of nitrogens with one attached hydrogen (secondary N) is 2. The van der Waals surface area contributed by atoms with Crippen molar-refractivity contribution in [2.75, 3.05) is 6.54 Å². The number of hydrogen-bond acceptors (Lipinski definition) is 6. The lowest BCUT2D eigenvalue weighted by Gasteiger charge is -2.40. The second-order valence-corrected chi connectivity index (χ2v) is 4.21. The first-order valence-electron chi connectivity index (χ1n) is 5.54. The van der Waals surface area contributed by atoms with Gasteiger partial charge in [0.05, 0.1) is 0 Å². The van der Waals surface area contributed by atoms with Crippen molar-refractivity contribution in [1.82, 2.24) is 10.6 Å². The Morgan fingerprint density at radius 1 is 1.11 bits per heavy atom. The lowest BCUT2D eigenvalue weighted by molar-refractivity contribution is -0.245. The molecule has 1 rings (SSSR count). The lowest BCUT2D eigenvalue weighted by Crippen LogP contribution is -2.64. The zero-order valence-corrected chi connectivity index (χ0v) is 10.2. The Labute approximate surface area is 104 Å². The van der Waals surface area contributed by atoms with E-state index >= 15 is 0 Å². The summed E-state index contributed by atoms with van der Waals surface area (Å²) in [5.74, 6) is -0.784. The molecule has 1 heterocycles. The van der Waals surface area contributed by atoms with Gasteiger partial charge < -0.3 is 30.7 Å². The molecule has 1 aliphatic rings. The highest BCUT2D eigenvalue weighted by Crippen LogP contribution is 2.19. The second kappa shape index (κ2) is 6.10. The van der Waals surface area contributed by atoms with E-state index in [1.807, 2.05) is 0 Å². The van der Waals surface area contributed by atoms with Gasteiger partial charge in [0, 0.05) is 20.4 Å². The van der Waals surface area contributed by atoms with Crippen molar-refractivity contribution in [1.29, 1.82) is 0 Å². The van der Waals surface area contributed by atoms with Crippen LogP contribution < -0.4 is 10.6 Å². The van der Waals surface area contributed by atoms with E-state index in [2.05, 4.69) is 10.6 Å². The third kappa shape index (κ3) is 3.64. The standard InChI is InChI=1S/C10H18N2O6/c1-4(13)11-3-6-8(15)9(16)7(10(17)18-6)12-5(2)14/h6-10,15-17H,3H2,1-2H3,(H,11,13)(H,12,14)/t6-,7+,8-,9+,10+/m1/s1. The van der Waals surface area contributed by atoms with Crippen molar-refractivity contribution < 1.29 is 29.6 Å². The number of carbonyl (C=O) groups is 2. The first kappa shape index (κ1) is 14.8. The van der Waals surface area contributed by atoms with Gasteiger partial charge in [-0.3, -0.25) is 9.59 Å². The maximum atomic E-state index is 10.9. The summed E-state index contributed by atoms with van der Waals surface area (Å²) in [5, 5.41) is 33.9. The molecule has 0 aromatic heterocycles. The molecule has 104 valence electrons. The molecule has 0 bridgehead atoms. The molecule has 5 N–H and O–H groups in total. The molecule has 5 atom stereocenters. The van der Waals surface area contributed by atoms with Crippen LogP contribution in [0, 0.1) is 0 Å². The Morgan fingerprint density at radius 3 is 2.22 bits per heavy atom. The van der Waals surface area contributed by atoms with Crippen molar-refractivity contribution in [3.63, 3.8) is 0 Å². The minimum Gasteiger partial charge on any atom is -0.388 e. The van der Waals surface area contributed by atoms with Gasteiger partial charge in [0.25, 0.3) is 0 Å². The summed E-state index contributed by atoms with van der Waals surface area (Å²) < 4.78 is 5.05. The SMILES string of the molecule is CC(=O)NC[C@H]1O[C@H](O)[C@@H](NC(C)=O)[C@H](O)[C@@H]1O. The molecular formula is C10H18N2O6. The van der Waals surface area contributed by atoms with Gasteiger partial charge in [-0.1, -0.05) is 0 Å². The maximum Gasteiger partial charge on any atom is 0.217 e. The van der Waals surface area contributed by atoms with Gasteiger partial charge in [0.15, 0.2) is 6.29 Å². The average Bonchev–Trinajstić information content (AvgIpc) is 2.27. The molecule has 18 heavy (non-hydrogen) atoms. The van der Waals surface area contributed by atoms with E-state index in [4.69, 9.17) is 4.74 Å². The quantitative estimate of drug-likeness (QED) is 0.370. The highest BCUT2D eigenvalue weighted by atomic mass is 16.6. The van der Waals surface area contributed by atoms with Crippen LogP contribution in [0.2, 0.25) is 0 Å². The molecule has 0 aliphatic carbocycles. The lowest BCUT2D eigenvalue weighted by atomic mass is 9.96. The molecule has 1 saturated heterocycles. The zero-order valence-electron chi connectivity index (χ0n) is 10.2. The number of rotatable bonds is 3. The van der Waals surface area contributed by atoms with Crippen LogP contribution in [0.4, 0.5) is 0 Å². The van der Waals surface area contributed by atoms with Crippen molar-refractivity contribution in [3.8, 4) is 0 Å². The Kier molecular flexibility index (Phi) is 5.03. The highest BCUT2D eigenvalue weighted by Gasteiger charge is 2.44. The van der Waals surface area contributed by atoms with E-state index in [-0.39, 0.29) is 12.5 Å². The fourth-order valence-corrected chi connectivity index (χ4v) is 1.75. The fraction of sp³-hybridized carbons (Fsp3) is 0.800. The van der Waals surface area contributed by atoms with Crippen LogP contribution in [-0.2, 0) is 14.3 Å². The summed E-state index contributed by atoms with van der Waals surface area (Å²) in [6.07, 6.45) is -5.09. The summed E-state index contributed by atoms with van der Waals surface area (Å²) in [6.45, 7) is 2.47. The number of amides is 2. The molecular weight excluding hydrogens is 244 g/mol. The summed E-state index contributed by atoms with van der Waals surface area (Å²) >= 11 is 0. The average molecular weight is 262 g/mol. The molecule has 0 spiro atoms. The number of aliphatic hydroxyl groups excluding tert-OH is 3. The predicted molar refractivity (Wildman–Crippen MR) is 59.2 cm³/mol. The first-order chi connectivity index (χ1) is 8.32. The van der Waals surface area contributed by atoms with Gasteiger partial charge in [-0.05, 0) is 0 Å². The van der Waals surface area contributed by atoms with Gasteiger partial charge in [-0.15, -0.1) is 0 Å². The zero-order chi connectivity index (χ0) is 13.9. The predicted octanol–water partition coefficient (Wildman–Crippen LogP) is -2.93. The van der Waals surface area contributed by atoms with Crippen LogP contribution in [-0.4, -0.2) is 64.3 Å². The topological polar surface area (TPSA) is 128 Å². The fourth-order valence-electron chi connectivity index (χ4n) is 1.75. The summed E-state index contributed by atoms with van der Waals surface area (Å²) in [5.41, 5.74) is 0. The van der Waals surface area contributed by atoms with Crippen LogP contribution in [0.5, 0.6) is 0 Å². The van der Waals surface area contributed by atoms with E-state index in [9.17, 15) is 24.9 Å². The van der Waals surface area contributed by atoms with Crippen LogP contribution in [0.25, 0.3) is 0 Å². The van der Waals surface area contributed by atoms with E-state index in [1.54, 1.807) is 0 Å². The van der Waals surface area contributed by atoms with Crippen LogP contribution in [0.15, 0.2) is 0 Å². The second-order valence-electron chi connectivity index (χ2n) is 4.21. The Bertz CT molecular complexity index is 321. The van der Waals surface area contributed by atoms with E-state index in [0.717, 1.165) is 0 Å². The summed E-state index contributed by atoms with van der Waals surface area (Å²) in [7, 11) is 0. The first-order valence-corrected chi connectivity index (χ1v) is 5.54. The Hall–Kier alpha value is -1.22. The van der Waals surface area contributed by atoms with Crippen molar-refractivity contribution in [3.05, 3.63) is 0 Å². The van der Waals surface area contributed by atoms with Crippen LogP contribution in [0.3, 0.4) is 0 Å². The molecule has 0 aromatic carbocycles. The molecule has 2 amide bonds. The summed E-state index contributed by atoms with van der Waals surface area (Å²) in [4.78, 5) is 21.6. The number of carbonyl (C=O) groups excluding carboxylic acids is 2. The van der Waals surface area contributed by atoms with E-state index in [1.165, 1.54) is 13.8 Å². The van der Waals surface area contributed by atoms with E-state index in [0.29, 0.717) is 0 Å². The molecule has 0 unspecified atom stereocenters. The molecule has 0 radical (unpaired) electrons. The largest absolute Gasteiger partial charge is 0.388 e. The monoisotopic (exact) mass is 262 g/mol. The number of hydrogen-bond donors (Lipinski definition) is 5. The smallest absolute Gasteiger partial charge is 0.217 e. The Balaban J connectivity index is 2.64. The van der Waals surface area contributed by atoms with Gasteiger partial charge >= 0.3 is 0 Å². The van der Waals surface area contributed by atoms with Crippen molar-refractivity contribution in [2.45, 2.75) is 44.5 Å². The van der Waals surface area contributed by atoms with Crippen molar-refractivity contribution >= 4 is 11.8 Å². The molecule has 1 fully saturated rings. The summed E-state index contributed by atoms with van der Waals surface area (Å²) in [6, 6.07) is -1.11. The highest BCUT2D eigenvalue weighted by molar-refractivity contribution is 5.73. The molecule has 8 heteroatoms. The van der Waals surface area contributed by atoms with Gasteiger partial charge in [0.2, 0.25) is 11.8 Å². The van der Waals surface area contributed by atoms with Gasteiger partial charge in [-0.2, -0.15) is 0 Å². The Morgan fingerprint density at radius 2 is 1.72 bits per heavy atom. The van der Waals surface area contributed by atoms with Crippen LogP contribution >= 0.6 is 0 Å². The van der Waals surface area contributed by atoms with Crippen molar-refractivity contribution in [2.24, 2.45) is 0 Å². The molecule has 0 saturated carbocycles. The normalized spacial score (nSPS) is 35.9. The number of ether oxygens (including phenoxy) is 1. The third-order valence-corrected chi connectivity index (χ3v) is 2.64. The third-order valence-electron chi connectivity index (χ3n) is 2.64. The van der Waals surface area contributed by atoms with E-state index < -0.39 is 36.6 Å². The van der Waals surface area contributed by atoms with Gasteiger partial charge in [-0.25, -0.2) is 0 Å². The minimum absolute atomic E-state index is 0.0442. The van der Waals surface area contributed by atoms with Crippen LogP contribution in [0.1, 0.15) is 13.8 Å². The molecule has 1 aliphatic heterocycles.